The number of aromatic amines is 1. The molecule has 0 saturated carbocycles. The average Bonchev–Trinajstić information content (AvgIpc) is 3.06. The maximum atomic E-state index is 11.1. The second kappa shape index (κ2) is 12.5. The normalized spacial score (nSPS) is 16.5. The van der Waals surface area contributed by atoms with Gasteiger partial charge in [0.15, 0.2) is 0 Å². The van der Waals surface area contributed by atoms with E-state index in [2.05, 4.69) is 81.8 Å². The van der Waals surface area contributed by atoms with Crippen LogP contribution in [0, 0.1) is 0 Å². The van der Waals surface area contributed by atoms with Crippen molar-refractivity contribution in [2.24, 2.45) is 0 Å². The first-order valence-electron chi connectivity index (χ1n) is 15.5. The SMILES string of the molecule is C1=CC2=C(CC1)CCc1c2ccc2cccc(Cc3ccc(CN4CCOCC4)cc3)c12.O=c1[nH]ncc2ccccc12. The summed E-state index contributed by atoms with van der Waals surface area (Å²) in [5.41, 5.74) is 10.3. The monoisotopic (exact) mass is 567 g/mol. The minimum Gasteiger partial charge on any atom is -0.379 e. The lowest BCUT2D eigenvalue weighted by Gasteiger charge is -2.26. The number of fused-ring (bicyclic) bond motifs is 5. The summed E-state index contributed by atoms with van der Waals surface area (Å²) >= 11 is 0. The Morgan fingerprint density at radius 1 is 0.814 bits per heavy atom. The van der Waals surface area contributed by atoms with Gasteiger partial charge in [0.1, 0.15) is 0 Å². The van der Waals surface area contributed by atoms with E-state index in [1.165, 1.54) is 64.3 Å². The van der Waals surface area contributed by atoms with Crippen molar-refractivity contribution in [1.82, 2.24) is 15.1 Å². The second-order valence-corrected chi connectivity index (χ2v) is 11.7. The van der Waals surface area contributed by atoms with Crippen molar-refractivity contribution < 1.29 is 4.74 Å². The summed E-state index contributed by atoms with van der Waals surface area (Å²) in [4.78, 5) is 13.5. The molecule has 43 heavy (non-hydrogen) atoms. The van der Waals surface area contributed by atoms with Crippen LogP contribution in [0.1, 0.15) is 47.1 Å². The zero-order valence-corrected chi connectivity index (χ0v) is 24.5. The largest absolute Gasteiger partial charge is 0.379 e. The Bertz CT molecular complexity index is 1870. The zero-order valence-electron chi connectivity index (χ0n) is 24.5. The van der Waals surface area contributed by atoms with Gasteiger partial charge >= 0.3 is 0 Å². The fraction of sp³-hybridized carbons (Fsp3) is 0.263. The van der Waals surface area contributed by atoms with Gasteiger partial charge in [-0.2, -0.15) is 5.10 Å². The number of benzene rings is 4. The van der Waals surface area contributed by atoms with Crippen LogP contribution in [0.3, 0.4) is 0 Å². The molecule has 5 aromatic rings. The Morgan fingerprint density at radius 2 is 1.63 bits per heavy atom. The van der Waals surface area contributed by atoms with E-state index in [1.807, 2.05) is 18.2 Å². The van der Waals surface area contributed by atoms with Gasteiger partial charge in [0.2, 0.25) is 0 Å². The third-order valence-corrected chi connectivity index (χ3v) is 8.99. The predicted octanol–water partition coefficient (Wildman–Crippen LogP) is 7.24. The number of morpholine rings is 1. The van der Waals surface area contributed by atoms with Crippen molar-refractivity contribution >= 4 is 27.1 Å². The lowest BCUT2D eigenvalue weighted by atomic mass is 9.78. The summed E-state index contributed by atoms with van der Waals surface area (Å²) in [5.74, 6) is 0. The highest BCUT2D eigenvalue weighted by atomic mass is 16.5. The Labute approximate surface area is 252 Å². The van der Waals surface area contributed by atoms with Crippen molar-refractivity contribution in [3.05, 3.63) is 141 Å². The first-order chi connectivity index (χ1) is 21.2. The minimum atomic E-state index is -0.136. The lowest BCUT2D eigenvalue weighted by molar-refractivity contribution is 0.0342. The van der Waals surface area contributed by atoms with Gasteiger partial charge in [-0.05, 0) is 82.3 Å². The Hall–Kier alpha value is -4.32. The molecule has 1 saturated heterocycles. The Kier molecular flexibility index (Phi) is 8.00. The quantitative estimate of drug-likeness (QED) is 0.249. The number of rotatable bonds is 4. The van der Waals surface area contributed by atoms with Crippen LogP contribution in [-0.4, -0.2) is 41.4 Å². The van der Waals surface area contributed by atoms with E-state index in [-0.39, 0.29) is 5.56 Å². The van der Waals surface area contributed by atoms with Gasteiger partial charge in [0.05, 0.1) is 19.4 Å². The van der Waals surface area contributed by atoms with Crippen LogP contribution in [0.2, 0.25) is 0 Å². The summed E-state index contributed by atoms with van der Waals surface area (Å²) in [6, 6.07) is 28.2. The number of aryl methyl sites for hydroxylation is 1. The fourth-order valence-corrected chi connectivity index (χ4v) is 6.76. The molecular weight excluding hydrogens is 530 g/mol. The highest BCUT2D eigenvalue weighted by Gasteiger charge is 2.21. The van der Waals surface area contributed by atoms with Crippen molar-refractivity contribution in [1.29, 1.82) is 0 Å². The number of nitrogens with zero attached hydrogens (tertiary/aromatic N) is 2. The standard InChI is InChI=1S/C30H31NO.C8H6N2O/c1-2-7-27-24(4-1)12-15-29-28(27)14-13-25-5-3-6-26(30(25)29)20-22-8-10-23(11-9-22)21-31-16-18-32-19-17-31;11-8-7-4-2-1-3-6(7)5-9-10-8/h2-3,5-11,13-14H,1,4,12,15-21H2;1-5H,(H,10,11). The van der Waals surface area contributed by atoms with E-state index in [0.29, 0.717) is 5.39 Å². The van der Waals surface area contributed by atoms with E-state index in [0.717, 1.165) is 44.7 Å². The summed E-state index contributed by atoms with van der Waals surface area (Å²) in [6.45, 7) is 4.82. The molecule has 216 valence electrons. The summed E-state index contributed by atoms with van der Waals surface area (Å²) < 4.78 is 5.48. The Morgan fingerprint density at radius 3 is 2.49 bits per heavy atom. The molecule has 5 nitrogen and oxygen atoms in total. The highest BCUT2D eigenvalue weighted by Crippen LogP contribution is 2.41. The van der Waals surface area contributed by atoms with Gasteiger partial charge in [-0.15, -0.1) is 0 Å². The van der Waals surface area contributed by atoms with Gasteiger partial charge in [-0.3, -0.25) is 9.69 Å². The molecule has 0 amide bonds. The molecule has 5 heteroatoms. The van der Waals surface area contributed by atoms with E-state index >= 15 is 0 Å². The molecule has 0 atom stereocenters. The van der Waals surface area contributed by atoms with Gasteiger partial charge in [-0.25, -0.2) is 5.10 Å². The van der Waals surface area contributed by atoms with E-state index in [1.54, 1.807) is 23.4 Å². The smallest absolute Gasteiger partial charge is 0.272 e. The molecule has 8 rings (SSSR count). The van der Waals surface area contributed by atoms with Gasteiger partial charge < -0.3 is 4.74 Å². The third kappa shape index (κ3) is 5.96. The Balaban J connectivity index is 0.000000229. The van der Waals surface area contributed by atoms with Crippen LogP contribution >= 0.6 is 0 Å². The molecule has 0 bridgehead atoms. The van der Waals surface area contributed by atoms with Gasteiger partial charge in [0.25, 0.3) is 5.56 Å². The van der Waals surface area contributed by atoms with Crippen molar-refractivity contribution in [3.8, 4) is 0 Å². The molecule has 0 radical (unpaired) electrons. The first kappa shape index (κ1) is 27.5. The maximum absolute atomic E-state index is 11.1. The molecule has 1 fully saturated rings. The minimum absolute atomic E-state index is 0.136. The van der Waals surface area contributed by atoms with Crippen LogP contribution in [0.5, 0.6) is 0 Å². The van der Waals surface area contributed by atoms with E-state index in [9.17, 15) is 4.79 Å². The summed E-state index contributed by atoms with van der Waals surface area (Å²) in [6.07, 6.45) is 12.2. The van der Waals surface area contributed by atoms with Crippen LogP contribution in [0.25, 0.3) is 27.1 Å². The molecule has 3 aliphatic rings. The molecule has 4 aromatic carbocycles. The van der Waals surface area contributed by atoms with Gasteiger partial charge in [0, 0.05) is 30.4 Å². The summed E-state index contributed by atoms with van der Waals surface area (Å²) in [7, 11) is 0. The molecule has 1 aromatic heterocycles. The van der Waals surface area contributed by atoms with Crippen LogP contribution in [-0.2, 0) is 24.1 Å². The first-order valence-corrected chi connectivity index (χ1v) is 15.5. The number of nitrogens with one attached hydrogen (secondary N) is 1. The average molecular weight is 568 g/mol. The number of H-pyrrole nitrogens is 1. The lowest BCUT2D eigenvalue weighted by Crippen LogP contribution is -2.35. The number of hydrogen-bond acceptors (Lipinski definition) is 4. The maximum Gasteiger partial charge on any atom is 0.272 e. The van der Waals surface area contributed by atoms with E-state index in [4.69, 9.17) is 4.74 Å². The van der Waals surface area contributed by atoms with Crippen LogP contribution in [0.15, 0.2) is 108 Å². The molecular formula is C38H37N3O2. The van der Waals surface area contributed by atoms with Crippen molar-refractivity contribution in [2.45, 2.75) is 38.6 Å². The fourth-order valence-electron chi connectivity index (χ4n) is 6.76. The third-order valence-electron chi connectivity index (χ3n) is 8.99. The molecule has 0 spiro atoms. The zero-order chi connectivity index (χ0) is 29.0. The summed E-state index contributed by atoms with van der Waals surface area (Å²) in [5, 5.41) is 10.5. The second-order valence-electron chi connectivity index (χ2n) is 11.7. The van der Waals surface area contributed by atoms with E-state index < -0.39 is 0 Å². The predicted molar refractivity (Wildman–Crippen MR) is 175 cm³/mol. The number of aromatic nitrogens is 2. The highest BCUT2D eigenvalue weighted by molar-refractivity contribution is 5.96. The van der Waals surface area contributed by atoms with Crippen molar-refractivity contribution in [2.75, 3.05) is 26.3 Å². The van der Waals surface area contributed by atoms with Gasteiger partial charge in [-0.1, -0.05) is 90.5 Å². The topological polar surface area (TPSA) is 58.2 Å². The molecule has 2 heterocycles. The van der Waals surface area contributed by atoms with Crippen LogP contribution in [0.4, 0.5) is 0 Å². The molecule has 0 unspecified atom stereocenters. The van der Waals surface area contributed by atoms with Crippen LogP contribution < -0.4 is 5.56 Å². The number of hydrogen-bond donors (Lipinski definition) is 1. The molecule has 2 aliphatic carbocycles. The molecule has 1 aliphatic heterocycles. The number of allylic oxidation sites excluding steroid dienone is 4. The molecule has 1 N–H and O–H groups in total. The van der Waals surface area contributed by atoms with Crippen molar-refractivity contribution in [3.63, 3.8) is 0 Å². The number of ether oxygens (including phenoxy) is 1.